The highest BCUT2D eigenvalue weighted by Gasteiger charge is 2.09. The van der Waals surface area contributed by atoms with Crippen molar-refractivity contribution in [1.29, 1.82) is 0 Å². The quantitative estimate of drug-likeness (QED) is 0.732. The Kier molecular flexibility index (Phi) is 3.05. The minimum Gasteiger partial charge on any atom is -0.481 e. The molecule has 0 aliphatic rings. The molecule has 0 spiro atoms. The first-order valence-corrected chi connectivity index (χ1v) is 3.98. The van der Waals surface area contributed by atoms with Crippen LogP contribution in [0, 0.1) is 0 Å². The lowest BCUT2D eigenvalue weighted by atomic mass is 10.0. The van der Waals surface area contributed by atoms with E-state index in [4.69, 9.17) is 10.5 Å². The van der Waals surface area contributed by atoms with Gasteiger partial charge in [-0.25, -0.2) is 4.98 Å². The molecule has 3 heteroatoms. The summed E-state index contributed by atoms with van der Waals surface area (Å²) in [5.74, 6) is 0.976. The Hall–Kier alpha value is -1.09. The van der Waals surface area contributed by atoms with Gasteiger partial charge in [-0.05, 0) is 18.5 Å². The summed E-state index contributed by atoms with van der Waals surface area (Å²) >= 11 is 0. The van der Waals surface area contributed by atoms with Crippen LogP contribution in [0.3, 0.4) is 0 Å². The van der Waals surface area contributed by atoms with Gasteiger partial charge in [-0.2, -0.15) is 0 Å². The minimum atomic E-state index is 0.300. The fourth-order valence-electron chi connectivity index (χ4n) is 1.08. The van der Waals surface area contributed by atoms with Crippen LogP contribution in [0.5, 0.6) is 5.88 Å². The molecule has 1 aromatic heterocycles. The van der Waals surface area contributed by atoms with Crippen molar-refractivity contribution in [2.75, 3.05) is 13.7 Å². The molecular weight excluding hydrogens is 152 g/mol. The van der Waals surface area contributed by atoms with Crippen molar-refractivity contribution in [2.24, 2.45) is 5.73 Å². The highest BCUT2D eigenvalue weighted by atomic mass is 16.5. The number of methoxy groups -OCH3 is 1. The second kappa shape index (κ2) is 4.07. The standard InChI is InChI=1S/C9H14N2O/c1-7(6-10)8-4-3-5-11-9(8)12-2/h3-5,7H,6,10H2,1-2H3. The smallest absolute Gasteiger partial charge is 0.216 e. The van der Waals surface area contributed by atoms with E-state index in [2.05, 4.69) is 11.9 Å². The molecule has 66 valence electrons. The van der Waals surface area contributed by atoms with Crippen LogP contribution in [0.4, 0.5) is 0 Å². The van der Waals surface area contributed by atoms with Crippen molar-refractivity contribution in [1.82, 2.24) is 4.98 Å². The SMILES string of the molecule is COc1ncccc1C(C)CN. The van der Waals surface area contributed by atoms with Crippen molar-refractivity contribution in [3.8, 4) is 5.88 Å². The summed E-state index contributed by atoms with van der Waals surface area (Å²) in [7, 11) is 1.62. The lowest BCUT2D eigenvalue weighted by Gasteiger charge is -2.11. The molecule has 0 saturated heterocycles. The summed E-state index contributed by atoms with van der Waals surface area (Å²) in [6.45, 7) is 2.67. The number of ether oxygens (including phenoxy) is 1. The topological polar surface area (TPSA) is 48.1 Å². The van der Waals surface area contributed by atoms with E-state index in [0.29, 0.717) is 18.3 Å². The van der Waals surface area contributed by atoms with E-state index < -0.39 is 0 Å². The van der Waals surface area contributed by atoms with Gasteiger partial charge in [0, 0.05) is 11.8 Å². The van der Waals surface area contributed by atoms with Crippen LogP contribution in [0.2, 0.25) is 0 Å². The Morgan fingerprint density at radius 3 is 3.00 bits per heavy atom. The Bertz CT molecular complexity index is 250. The predicted molar refractivity (Wildman–Crippen MR) is 48.3 cm³/mol. The van der Waals surface area contributed by atoms with Crippen molar-refractivity contribution >= 4 is 0 Å². The maximum Gasteiger partial charge on any atom is 0.216 e. The van der Waals surface area contributed by atoms with Gasteiger partial charge in [-0.15, -0.1) is 0 Å². The van der Waals surface area contributed by atoms with Crippen molar-refractivity contribution in [3.05, 3.63) is 23.9 Å². The maximum atomic E-state index is 5.54. The number of hydrogen-bond acceptors (Lipinski definition) is 3. The van der Waals surface area contributed by atoms with Crippen LogP contribution in [0.1, 0.15) is 18.4 Å². The number of nitrogens with two attached hydrogens (primary N) is 1. The van der Waals surface area contributed by atoms with Gasteiger partial charge in [0.1, 0.15) is 0 Å². The van der Waals surface area contributed by atoms with E-state index in [9.17, 15) is 0 Å². The monoisotopic (exact) mass is 166 g/mol. The molecule has 1 rings (SSSR count). The van der Waals surface area contributed by atoms with Crippen LogP contribution in [0.25, 0.3) is 0 Å². The first-order valence-electron chi connectivity index (χ1n) is 3.98. The number of rotatable bonds is 3. The summed E-state index contributed by atoms with van der Waals surface area (Å²) in [6, 6.07) is 3.88. The largest absolute Gasteiger partial charge is 0.481 e. The molecule has 0 amide bonds. The zero-order valence-corrected chi connectivity index (χ0v) is 7.45. The zero-order chi connectivity index (χ0) is 8.97. The molecule has 0 aliphatic carbocycles. The maximum absolute atomic E-state index is 5.54. The lowest BCUT2D eigenvalue weighted by molar-refractivity contribution is 0.389. The third kappa shape index (κ3) is 1.74. The van der Waals surface area contributed by atoms with E-state index in [1.807, 2.05) is 12.1 Å². The Labute approximate surface area is 72.6 Å². The van der Waals surface area contributed by atoms with Crippen molar-refractivity contribution in [3.63, 3.8) is 0 Å². The van der Waals surface area contributed by atoms with Gasteiger partial charge in [0.25, 0.3) is 0 Å². The van der Waals surface area contributed by atoms with Crippen molar-refractivity contribution < 1.29 is 4.74 Å². The third-order valence-electron chi connectivity index (χ3n) is 1.88. The summed E-state index contributed by atoms with van der Waals surface area (Å²) in [5.41, 5.74) is 6.62. The highest BCUT2D eigenvalue weighted by Crippen LogP contribution is 2.22. The molecule has 0 aliphatic heterocycles. The predicted octanol–water partition coefficient (Wildman–Crippen LogP) is 1.15. The van der Waals surface area contributed by atoms with Crippen molar-refractivity contribution in [2.45, 2.75) is 12.8 Å². The molecule has 0 fully saturated rings. The molecule has 0 aromatic carbocycles. The first-order chi connectivity index (χ1) is 5.79. The van der Waals surface area contributed by atoms with Gasteiger partial charge in [-0.1, -0.05) is 13.0 Å². The Balaban J connectivity index is 2.96. The Morgan fingerprint density at radius 2 is 2.42 bits per heavy atom. The fraction of sp³-hybridized carbons (Fsp3) is 0.444. The zero-order valence-electron chi connectivity index (χ0n) is 7.45. The highest BCUT2D eigenvalue weighted by molar-refractivity contribution is 5.28. The normalized spacial score (nSPS) is 12.6. The number of pyridine rings is 1. The van der Waals surface area contributed by atoms with E-state index in [-0.39, 0.29) is 0 Å². The molecule has 0 bridgehead atoms. The molecule has 2 N–H and O–H groups in total. The van der Waals surface area contributed by atoms with Gasteiger partial charge in [0.15, 0.2) is 0 Å². The van der Waals surface area contributed by atoms with Gasteiger partial charge in [-0.3, -0.25) is 0 Å². The average Bonchev–Trinajstić information content (AvgIpc) is 2.16. The molecular formula is C9H14N2O. The van der Waals surface area contributed by atoms with Crippen LogP contribution in [-0.2, 0) is 0 Å². The fourth-order valence-corrected chi connectivity index (χ4v) is 1.08. The van der Waals surface area contributed by atoms with Gasteiger partial charge in [0.2, 0.25) is 5.88 Å². The summed E-state index contributed by atoms with van der Waals surface area (Å²) in [6.07, 6.45) is 1.71. The van der Waals surface area contributed by atoms with E-state index in [0.717, 1.165) is 5.56 Å². The molecule has 1 heterocycles. The summed E-state index contributed by atoms with van der Waals surface area (Å²) < 4.78 is 5.10. The Morgan fingerprint density at radius 1 is 1.67 bits per heavy atom. The van der Waals surface area contributed by atoms with Crippen LogP contribution >= 0.6 is 0 Å². The molecule has 1 aromatic rings. The molecule has 0 radical (unpaired) electrons. The molecule has 1 atom stereocenters. The molecule has 1 unspecified atom stereocenters. The third-order valence-corrected chi connectivity index (χ3v) is 1.88. The number of aromatic nitrogens is 1. The lowest BCUT2D eigenvalue weighted by Crippen LogP contribution is -2.10. The minimum absolute atomic E-state index is 0.300. The molecule has 12 heavy (non-hydrogen) atoms. The van der Waals surface area contributed by atoms with Gasteiger partial charge in [0.05, 0.1) is 7.11 Å². The van der Waals surface area contributed by atoms with E-state index in [1.54, 1.807) is 13.3 Å². The van der Waals surface area contributed by atoms with Crippen LogP contribution < -0.4 is 10.5 Å². The second-order valence-electron chi connectivity index (χ2n) is 2.74. The van der Waals surface area contributed by atoms with Gasteiger partial charge < -0.3 is 10.5 Å². The molecule has 3 nitrogen and oxygen atoms in total. The average molecular weight is 166 g/mol. The summed E-state index contributed by atoms with van der Waals surface area (Å²) in [4.78, 5) is 4.09. The first kappa shape index (κ1) is 9.00. The number of nitrogens with zero attached hydrogens (tertiary/aromatic N) is 1. The summed E-state index contributed by atoms with van der Waals surface area (Å²) in [5, 5.41) is 0. The van der Waals surface area contributed by atoms with Gasteiger partial charge >= 0.3 is 0 Å². The number of hydrogen-bond donors (Lipinski definition) is 1. The second-order valence-corrected chi connectivity index (χ2v) is 2.74. The van der Waals surface area contributed by atoms with Crippen LogP contribution in [-0.4, -0.2) is 18.6 Å². The van der Waals surface area contributed by atoms with E-state index in [1.165, 1.54) is 0 Å². The molecule has 0 saturated carbocycles. The van der Waals surface area contributed by atoms with Crippen LogP contribution in [0.15, 0.2) is 18.3 Å². The van der Waals surface area contributed by atoms with E-state index >= 15 is 0 Å².